The molecule has 0 fully saturated rings. The first-order valence-electron chi connectivity index (χ1n) is 8.57. The van der Waals surface area contributed by atoms with Gasteiger partial charge in [-0.05, 0) is 36.8 Å². The minimum atomic E-state index is -0.733. The van der Waals surface area contributed by atoms with E-state index >= 15 is 0 Å². The number of nitrogens with zero attached hydrogens (tertiary/aromatic N) is 2. The number of ether oxygens (including phenoxy) is 1. The number of fused-ring (bicyclic) bond motifs is 1. The van der Waals surface area contributed by atoms with Crippen molar-refractivity contribution >= 4 is 5.91 Å². The fourth-order valence-electron chi connectivity index (χ4n) is 3.34. The molecular weight excluding hydrogens is 326 g/mol. The van der Waals surface area contributed by atoms with Gasteiger partial charge in [-0.3, -0.25) is 14.8 Å². The fraction of sp³-hybridized carbons (Fsp3) is 0.190. The van der Waals surface area contributed by atoms with E-state index in [4.69, 9.17) is 4.74 Å². The van der Waals surface area contributed by atoms with E-state index in [9.17, 15) is 4.79 Å². The summed E-state index contributed by atoms with van der Waals surface area (Å²) < 4.78 is 5.79. The van der Waals surface area contributed by atoms with Gasteiger partial charge < -0.3 is 10.1 Å². The van der Waals surface area contributed by atoms with E-state index in [1.165, 1.54) is 0 Å². The maximum atomic E-state index is 13.0. The van der Waals surface area contributed by atoms with Crippen LogP contribution in [0.15, 0.2) is 67.1 Å². The van der Waals surface area contributed by atoms with E-state index in [-0.39, 0.29) is 5.91 Å². The van der Waals surface area contributed by atoms with Crippen LogP contribution in [0.5, 0.6) is 5.75 Å². The molecule has 0 radical (unpaired) electrons. The highest BCUT2D eigenvalue weighted by molar-refractivity contribution is 5.95. The van der Waals surface area contributed by atoms with Crippen LogP contribution in [-0.2, 0) is 5.54 Å². The fourth-order valence-corrected chi connectivity index (χ4v) is 3.34. The number of hydrogen-bond donors (Lipinski definition) is 1. The molecule has 2 aromatic heterocycles. The average molecular weight is 345 g/mol. The number of nitrogens with one attached hydrogen (secondary N) is 1. The van der Waals surface area contributed by atoms with E-state index in [2.05, 4.69) is 15.3 Å². The third kappa shape index (κ3) is 2.81. The lowest BCUT2D eigenvalue weighted by Crippen LogP contribution is -2.50. The molecule has 0 saturated heterocycles. The van der Waals surface area contributed by atoms with Crippen molar-refractivity contribution in [2.24, 2.45) is 0 Å². The maximum Gasteiger partial charge on any atom is 0.252 e. The van der Waals surface area contributed by atoms with Crippen molar-refractivity contribution in [2.45, 2.75) is 18.9 Å². The van der Waals surface area contributed by atoms with Crippen LogP contribution in [0, 0.1) is 6.92 Å². The molecule has 0 saturated carbocycles. The number of carbonyl (C=O) groups is 1. The van der Waals surface area contributed by atoms with E-state index in [0.717, 1.165) is 16.8 Å². The molecule has 5 nitrogen and oxygen atoms in total. The lowest BCUT2D eigenvalue weighted by atomic mass is 9.81. The first-order chi connectivity index (χ1) is 12.7. The Morgan fingerprint density at radius 3 is 2.62 bits per heavy atom. The van der Waals surface area contributed by atoms with Gasteiger partial charge in [0.2, 0.25) is 0 Å². The summed E-state index contributed by atoms with van der Waals surface area (Å²) in [6, 6.07) is 15.3. The monoisotopic (exact) mass is 345 g/mol. The van der Waals surface area contributed by atoms with Crippen LogP contribution >= 0.6 is 0 Å². The van der Waals surface area contributed by atoms with Crippen LogP contribution in [0.3, 0.4) is 0 Å². The Balaban J connectivity index is 1.83. The van der Waals surface area contributed by atoms with E-state index < -0.39 is 5.54 Å². The minimum absolute atomic E-state index is 0.161. The van der Waals surface area contributed by atoms with Crippen molar-refractivity contribution in [1.29, 1.82) is 0 Å². The number of rotatable bonds is 3. The Kier molecular flexibility index (Phi) is 4.13. The van der Waals surface area contributed by atoms with Crippen LogP contribution in [-0.4, -0.2) is 22.5 Å². The largest absolute Gasteiger partial charge is 0.491 e. The summed E-state index contributed by atoms with van der Waals surface area (Å²) in [5, 5.41) is 3.23. The number of pyridine rings is 2. The lowest BCUT2D eigenvalue weighted by Gasteiger charge is -2.39. The van der Waals surface area contributed by atoms with Crippen molar-refractivity contribution in [2.75, 3.05) is 6.61 Å². The topological polar surface area (TPSA) is 64.1 Å². The van der Waals surface area contributed by atoms with Crippen molar-refractivity contribution in [3.63, 3.8) is 0 Å². The van der Waals surface area contributed by atoms with E-state index in [0.29, 0.717) is 24.3 Å². The zero-order valence-corrected chi connectivity index (χ0v) is 14.5. The van der Waals surface area contributed by atoms with Crippen LogP contribution in [0.1, 0.15) is 33.6 Å². The number of amides is 1. The van der Waals surface area contributed by atoms with Gasteiger partial charge in [0, 0.05) is 30.6 Å². The van der Waals surface area contributed by atoms with Gasteiger partial charge in [0.25, 0.3) is 5.91 Å². The van der Waals surface area contributed by atoms with Crippen molar-refractivity contribution in [3.8, 4) is 5.75 Å². The Bertz CT molecular complexity index is 926. The molecule has 26 heavy (non-hydrogen) atoms. The molecule has 1 N–H and O–H groups in total. The zero-order valence-electron chi connectivity index (χ0n) is 14.5. The third-order valence-electron chi connectivity index (χ3n) is 4.72. The molecule has 0 unspecified atom stereocenters. The third-order valence-corrected chi connectivity index (χ3v) is 4.72. The van der Waals surface area contributed by atoms with Crippen LogP contribution in [0.25, 0.3) is 0 Å². The van der Waals surface area contributed by atoms with Gasteiger partial charge >= 0.3 is 0 Å². The van der Waals surface area contributed by atoms with Gasteiger partial charge in [-0.2, -0.15) is 0 Å². The Hall–Kier alpha value is -3.21. The zero-order chi connectivity index (χ0) is 18.0. The van der Waals surface area contributed by atoms with Crippen LogP contribution < -0.4 is 10.1 Å². The average Bonchev–Trinajstić information content (AvgIpc) is 2.69. The smallest absolute Gasteiger partial charge is 0.252 e. The molecule has 1 aliphatic heterocycles. The molecule has 4 rings (SSSR count). The van der Waals surface area contributed by atoms with E-state index in [1.54, 1.807) is 30.7 Å². The quantitative estimate of drug-likeness (QED) is 0.791. The molecule has 3 heterocycles. The highest BCUT2D eigenvalue weighted by atomic mass is 16.5. The predicted octanol–water partition coefficient (Wildman–Crippen LogP) is 3.24. The Morgan fingerprint density at radius 1 is 1.08 bits per heavy atom. The molecule has 3 aromatic rings. The summed E-state index contributed by atoms with van der Waals surface area (Å²) in [6.45, 7) is 2.55. The number of aromatic nitrogens is 2. The SMILES string of the molecule is Cc1ccc([C@@]2(NC(=O)c3ccncc3)CCOc3cccnc32)cc1. The van der Waals surface area contributed by atoms with Gasteiger partial charge in [-0.1, -0.05) is 29.8 Å². The predicted molar refractivity (Wildman–Crippen MR) is 98.0 cm³/mol. The molecule has 1 aromatic carbocycles. The number of benzene rings is 1. The second-order valence-electron chi connectivity index (χ2n) is 6.41. The molecular formula is C21H19N3O2. The summed E-state index contributed by atoms with van der Waals surface area (Å²) in [5.41, 5.74) is 2.72. The van der Waals surface area contributed by atoms with Crippen LogP contribution in [0.2, 0.25) is 0 Å². The van der Waals surface area contributed by atoms with Crippen molar-refractivity contribution < 1.29 is 9.53 Å². The molecule has 0 aliphatic carbocycles. The molecule has 1 aliphatic rings. The standard InChI is InChI=1S/C21H19N3O2/c1-15-4-6-17(7-5-15)21(24-20(25)16-8-12-22-13-9-16)10-14-26-18-3-2-11-23-19(18)21/h2-9,11-13H,10,14H2,1H3,(H,24,25)/t21-/m0/s1. The molecule has 0 bridgehead atoms. The van der Waals surface area contributed by atoms with Gasteiger partial charge in [0.05, 0.1) is 6.61 Å². The van der Waals surface area contributed by atoms with Crippen molar-refractivity contribution in [3.05, 3.63) is 89.5 Å². The normalized spacial score (nSPS) is 18.5. The van der Waals surface area contributed by atoms with Gasteiger partial charge in [-0.25, -0.2) is 0 Å². The van der Waals surface area contributed by atoms with Gasteiger partial charge in [0.1, 0.15) is 17.0 Å². The summed E-state index contributed by atoms with van der Waals surface area (Å²) in [5.74, 6) is 0.542. The molecule has 5 heteroatoms. The van der Waals surface area contributed by atoms with Gasteiger partial charge in [-0.15, -0.1) is 0 Å². The minimum Gasteiger partial charge on any atom is -0.491 e. The second-order valence-corrected chi connectivity index (χ2v) is 6.41. The maximum absolute atomic E-state index is 13.0. The molecule has 1 amide bonds. The molecule has 0 spiro atoms. The van der Waals surface area contributed by atoms with E-state index in [1.807, 2.05) is 43.3 Å². The summed E-state index contributed by atoms with van der Waals surface area (Å²) in [4.78, 5) is 21.5. The van der Waals surface area contributed by atoms with Crippen LogP contribution in [0.4, 0.5) is 0 Å². The lowest BCUT2D eigenvalue weighted by molar-refractivity contribution is 0.0883. The highest BCUT2D eigenvalue weighted by Crippen LogP contribution is 2.40. The first kappa shape index (κ1) is 16.3. The Labute approximate surface area is 152 Å². The van der Waals surface area contributed by atoms with Crippen molar-refractivity contribution in [1.82, 2.24) is 15.3 Å². The number of aryl methyl sites for hydroxylation is 1. The summed E-state index contributed by atoms with van der Waals surface area (Å²) in [7, 11) is 0. The first-order valence-corrected chi connectivity index (χ1v) is 8.57. The molecule has 1 atom stereocenters. The molecule has 130 valence electrons. The van der Waals surface area contributed by atoms with Gasteiger partial charge in [0.15, 0.2) is 0 Å². The second kappa shape index (κ2) is 6.59. The summed E-state index contributed by atoms with van der Waals surface area (Å²) >= 11 is 0. The Morgan fingerprint density at radius 2 is 1.85 bits per heavy atom. The number of carbonyl (C=O) groups excluding carboxylic acids is 1. The number of hydrogen-bond acceptors (Lipinski definition) is 4. The highest BCUT2D eigenvalue weighted by Gasteiger charge is 2.42. The summed E-state index contributed by atoms with van der Waals surface area (Å²) in [6.07, 6.45) is 5.57.